The lowest BCUT2D eigenvalue weighted by Crippen LogP contribution is -2.53. The highest BCUT2D eigenvalue weighted by atomic mass is 32.2. The Balaban J connectivity index is 1.78. The minimum absolute atomic E-state index is 0.0960. The Kier molecular flexibility index (Phi) is 2.08. The molecule has 2 fully saturated rings. The Bertz CT molecular complexity index is 439. The number of fused-ring (bicyclic) bond motifs is 1. The zero-order valence-electron chi connectivity index (χ0n) is 8.34. The van der Waals surface area contributed by atoms with Gasteiger partial charge in [-0.25, -0.2) is 4.79 Å². The summed E-state index contributed by atoms with van der Waals surface area (Å²) in [5.41, 5.74) is 0.827. The molecule has 2 saturated heterocycles. The lowest BCUT2D eigenvalue weighted by molar-refractivity contribution is -0.141. The van der Waals surface area contributed by atoms with E-state index >= 15 is 0 Å². The molecule has 5 nitrogen and oxygen atoms in total. The molecule has 0 aliphatic carbocycles. The van der Waals surface area contributed by atoms with Gasteiger partial charge in [-0.1, -0.05) is 6.08 Å². The summed E-state index contributed by atoms with van der Waals surface area (Å²) in [5, 5.41) is 13.5. The van der Waals surface area contributed by atoms with Crippen LogP contribution in [0.15, 0.2) is 22.8 Å². The highest BCUT2D eigenvalue weighted by molar-refractivity contribution is 8.03. The van der Waals surface area contributed by atoms with Gasteiger partial charge < -0.3 is 10.4 Å². The largest absolute Gasteiger partial charge is 0.477 e. The summed E-state index contributed by atoms with van der Waals surface area (Å²) in [6, 6.07) is 0.288. The van der Waals surface area contributed by atoms with Crippen LogP contribution in [-0.2, 0) is 9.59 Å². The summed E-state index contributed by atoms with van der Waals surface area (Å²) < 4.78 is 0. The van der Waals surface area contributed by atoms with Crippen LogP contribution in [0.5, 0.6) is 0 Å². The predicted octanol–water partition coefficient (Wildman–Crippen LogP) is 0.116. The average molecular weight is 238 g/mol. The standard InChI is InChI=1S/C10H10N2O3S/c13-8-6(3-5-1-2-11-5)9-12(8)7(4-16-9)10(14)15/h3-5,9,11H,1-2H2,(H,14,15)/b6-3-/t5-,9+/m0/s1. The summed E-state index contributed by atoms with van der Waals surface area (Å²) in [7, 11) is 0. The zero-order valence-corrected chi connectivity index (χ0v) is 9.16. The van der Waals surface area contributed by atoms with Crippen LogP contribution in [0.25, 0.3) is 0 Å². The van der Waals surface area contributed by atoms with Gasteiger partial charge in [-0.15, -0.1) is 11.8 Å². The number of carbonyl (C=O) groups is 2. The Morgan fingerprint density at radius 1 is 1.69 bits per heavy atom. The van der Waals surface area contributed by atoms with Crippen LogP contribution in [0.1, 0.15) is 6.42 Å². The first-order valence-corrected chi connectivity index (χ1v) is 6.00. The first kappa shape index (κ1) is 9.92. The fourth-order valence-corrected chi connectivity index (χ4v) is 3.09. The van der Waals surface area contributed by atoms with Gasteiger partial charge in [-0.05, 0) is 13.0 Å². The molecule has 0 aromatic carbocycles. The summed E-state index contributed by atoms with van der Waals surface area (Å²) in [4.78, 5) is 23.9. The van der Waals surface area contributed by atoms with Crippen LogP contribution < -0.4 is 5.32 Å². The van der Waals surface area contributed by atoms with Crippen LogP contribution >= 0.6 is 11.8 Å². The van der Waals surface area contributed by atoms with E-state index in [-0.39, 0.29) is 23.0 Å². The highest BCUT2D eigenvalue weighted by Crippen LogP contribution is 2.44. The summed E-state index contributed by atoms with van der Waals surface area (Å²) in [6.45, 7) is 0.989. The van der Waals surface area contributed by atoms with Crippen LogP contribution in [0, 0.1) is 0 Å². The maximum absolute atomic E-state index is 11.7. The molecule has 16 heavy (non-hydrogen) atoms. The van der Waals surface area contributed by atoms with Crippen molar-refractivity contribution in [2.45, 2.75) is 17.8 Å². The predicted molar refractivity (Wildman–Crippen MR) is 58.4 cm³/mol. The number of carbonyl (C=O) groups excluding carboxylic acids is 1. The zero-order chi connectivity index (χ0) is 11.3. The number of nitrogens with one attached hydrogen (secondary N) is 1. The minimum Gasteiger partial charge on any atom is -0.477 e. The number of amides is 1. The number of hydrogen-bond acceptors (Lipinski definition) is 4. The smallest absolute Gasteiger partial charge is 0.353 e. The topological polar surface area (TPSA) is 69.6 Å². The number of nitrogens with zero attached hydrogens (tertiary/aromatic N) is 1. The molecule has 3 heterocycles. The molecule has 2 atom stereocenters. The van der Waals surface area contributed by atoms with Gasteiger partial charge in [0.15, 0.2) is 0 Å². The van der Waals surface area contributed by atoms with Gasteiger partial charge in [0.1, 0.15) is 11.1 Å². The van der Waals surface area contributed by atoms with Gasteiger partial charge in [0.05, 0.1) is 0 Å². The van der Waals surface area contributed by atoms with Crippen molar-refractivity contribution in [2.75, 3.05) is 6.54 Å². The molecule has 0 aromatic rings. The van der Waals surface area contributed by atoms with Crippen LogP contribution in [0.3, 0.4) is 0 Å². The van der Waals surface area contributed by atoms with E-state index in [1.165, 1.54) is 16.7 Å². The van der Waals surface area contributed by atoms with Crippen LogP contribution in [0.4, 0.5) is 0 Å². The fraction of sp³-hybridized carbons (Fsp3) is 0.400. The van der Waals surface area contributed by atoms with Gasteiger partial charge in [0, 0.05) is 17.0 Å². The number of carboxylic acids is 1. The van der Waals surface area contributed by atoms with Gasteiger partial charge in [-0.3, -0.25) is 9.69 Å². The average Bonchev–Trinajstić information content (AvgIpc) is 2.55. The van der Waals surface area contributed by atoms with Crippen molar-refractivity contribution in [1.29, 1.82) is 0 Å². The van der Waals surface area contributed by atoms with Crippen molar-refractivity contribution < 1.29 is 14.7 Å². The van der Waals surface area contributed by atoms with Crippen molar-refractivity contribution in [3.8, 4) is 0 Å². The van der Waals surface area contributed by atoms with Gasteiger partial charge in [-0.2, -0.15) is 0 Å². The Morgan fingerprint density at radius 3 is 3.00 bits per heavy atom. The lowest BCUT2D eigenvalue weighted by atomic mass is 9.98. The summed E-state index contributed by atoms with van der Waals surface area (Å²) >= 11 is 1.38. The molecular formula is C10H10N2O3S. The quantitative estimate of drug-likeness (QED) is 0.528. The molecule has 3 aliphatic rings. The van der Waals surface area contributed by atoms with Gasteiger partial charge in [0.25, 0.3) is 5.91 Å². The number of hydrogen-bond donors (Lipinski definition) is 2. The van der Waals surface area contributed by atoms with E-state index in [1.807, 2.05) is 6.08 Å². The summed E-state index contributed by atoms with van der Waals surface area (Å²) in [5.74, 6) is -1.21. The van der Waals surface area contributed by atoms with Crippen LogP contribution in [-0.4, -0.2) is 39.8 Å². The number of aliphatic carboxylic acids is 1. The van der Waals surface area contributed by atoms with Crippen molar-refractivity contribution >= 4 is 23.6 Å². The normalized spacial score (nSPS) is 34.2. The molecule has 0 radical (unpaired) electrons. The SMILES string of the molecule is O=C(O)C1=CS[C@@H]2/C(=C\[C@@H]3CCN3)C(=O)N12. The third kappa shape index (κ3) is 1.23. The minimum atomic E-state index is -1.04. The second-order valence-corrected chi connectivity index (χ2v) is 4.90. The second-order valence-electron chi connectivity index (χ2n) is 3.94. The van der Waals surface area contributed by atoms with Crippen molar-refractivity contribution in [1.82, 2.24) is 10.2 Å². The van der Waals surface area contributed by atoms with E-state index in [0.29, 0.717) is 0 Å². The third-order valence-corrected chi connectivity index (χ3v) is 4.08. The molecule has 84 valence electrons. The van der Waals surface area contributed by atoms with Gasteiger partial charge >= 0.3 is 5.97 Å². The summed E-state index contributed by atoms with van der Waals surface area (Å²) in [6.07, 6.45) is 2.98. The van der Waals surface area contributed by atoms with Crippen molar-refractivity contribution in [2.24, 2.45) is 0 Å². The van der Waals surface area contributed by atoms with E-state index in [0.717, 1.165) is 18.5 Å². The maximum Gasteiger partial charge on any atom is 0.353 e. The lowest BCUT2D eigenvalue weighted by Gasteiger charge is -2.38. The Hall–Kier alpha value is -1.27. The maximum atomic E-state index is 11.7. The molecule has 3 rings (SSSR count). The monoisotopic (exact) mass is 238 g/mol. The number of rotatable bonds is 2. The van der Waals surface area contributed by atoms with Crippen molar-refractivity contribution in [3.63, 3.8) is 0 Å². The fourth-order valence-electron chi connectivity index (χ4n) is 1.96. The third-order valence-electron chi connectivity index (χ3n) is 3.00. The number of β-lactam (4-membered cyclic amide) rings is 1. The first-order valence-electron chi connectivity index (χ1n) is 5.06. The van der Waals surface area contributed by atoms with Gasteiger partial charge in [0.2, 0.25) is 0 Å². The molecular weight excluding hydrogens is 228 g/mol. The Labute approximate surface area is 96.2 Å². The molecule has 0 spiro atoms. The molecule has 0 unspecified atom stereocenters. The number of thioether (sulfide) groups is 1. The molecule has 1 amide bonds. The van der Waals surface area contributed by atoms with Crippen LogP contribution in [0.2, 0.25) is 0 Å². The molecule has 0 bridgehead atoms. The van der Waals surface area contributed by atoms with E-state index in [1.54, 1.807) is 5.41 Å². The highest BCUT2D eigenvalue weighted by Gasteiger charge is 2.49. The van der Waals surface area contributed by atoms with Crippen molar-refractivity contribution in [3.05, 3.63) is 22.8 Å². The Morgan fingerprint density at radius 2 is 2.44 bits per heavy atom. The molecule has 3 aliphatic heterocycles. The van der Waals surface area contributed by atoms with E-state index < -0.39 is 5.97 Å². The molecule has 6 heteroatoms. The van der Waals surface area contributed by atoms with E-state index in [2.05, 4.69) is 5.32 Å². The second kappa shape index (κ2) is 3.36. The number of carboxylic acid groups (broad SMARTS) is 1. The molecule has 0 saturated carbocycles. The van der Waals surface area contributed by atoms with E-state index in [4.69, 9.17) is 5.11 Å². The molecule has 2 N–H and O–H groups in total. The first-order chi connectivity index (χ1) is 7.68. The van der Waals surface area contributed by atoms with E-state index in [9.17, 15) is 9.59 Å². The molecule has 0 aromatic heterocycles.